The number of ether oxygens (including phenoxy) is 1. The van der Waals surface area contributed by atoms with Gasteiger partial charge in [0, 0.05) is 18.3 Å². The standard InChI is InChI=1S/C26H22N6O4S2/c33-24(21(12-18-13-27-16-28-18)30-25(34)35-15-17-6-2-1-3-7-17)32-29-14-19-10-11-23(36-19)38-26-31-20-8-4-5-9-22(20)37-26/h1-11,13-14,16,21H,12,15H2,(H,27,28)(H,30,34)(H,32,33)/b29-14-/t21-/m0/s1. The van der Waals surface area contributed by atoms with Crippen molar-refractivity contribution in [3.63, 3.8) is 0 Å². The summed E-state index contributed by atoms with van der Waals surface area (Å²) in [6, 6.07) is 19.8. The first-order valence-corrected chi connectivity index (χ1v) is 13.2. The highest BCUT2D eigenvalue weighted by atomic mass is 32.2. The van der Waals surface area contributed by atoms with Crippen LogP contribution in [0.15, 0.2) is 98.2 Å². The van der Waals surface area contributed by atoms with Gasteiger partial charge in [0.05, 0.1) is 22.8 Å². The minimum Gasteiger partial charge on any atom is -0.448 e. The SMILES string of the molecule is O=C(N[C@@H](Cc1cnc[nH]1)C(=O)N/N=C\c1ccc(Sc2nc3ccccc3s2)o1)OCc1ccccc1. The number of hydrazone groups is 1. The molecule has 12 heteroatoms. The molecule has 3 aromatic heterocycles. The molecule has 5 aromatic rings. The second-order valence-corrected chi connectivity index (χ2v) is 10.3. The molecule has 0 aliphatic heterocycles. The number of amides is 2. The average Bonchev–Trinajstić information content (AvgIpc) is 3.69. The zero-order valence-electron chi connectivity index (χ0n) is 19.9. The minimum absolute atomic E-state index is 0.0824. The zero-order valence-corrected chi connectivity index (χ0v) is 21.5. The van der Waals surface area contributed by atoms with Crippen molar-refractivity contribution in [2.75, 3.05) is 0 Å². The van der Waals surface area contributed by atoms with Crippen molar-refractivity contribution in [2.24, 2.45) is 5.10 Å². The fraction of sp³-hybridized carbons (Fsp3) is 0.115. The van der Waals surface area contributed by atoms with Crippen molar-refractivity contribution in [3.8, 4) is 0 Å². The second kappa shape index (κ2) is 12.2. The van der Waals surface area contributed by atoms with Crippen LogP contribution in [0.3, 0.4) is 0 Å². The lowest BCUT2D eigenvalue weighted by Gasteiger charge is -2.16. The molecule has 0 radical (unpaired) electrons. The summed E-state index contributed by atoms with van der Waals surface area (Å²) in [4.78, 5) is 36.7. The van der Waals surface area contributed by atoms with Gasteiger partial charge < -0.3 is 19.5 Å². The highest BCUT2D eigenvalue weighted by Crippen LogP contribution is 2.34. The summed E-state index contributed by atoms with van der Waals surface area (Å²) in [6.07, 6.45) is 3.91. The van der Waals surface area contributed by atoms with Crippen LogP contribution >= 0.6 is 23.1 Å². The van der Waals surface area contributed by atoms with E-state index in [0.717, 1.165) is 20.1 Å². The van der Waals surface area contributed by atoms with Gasteiger partial charge in [-0.2, -0.15) is 5.10 Å². The number of hydrogen-bond acceptors (Lipinski definition) is 9. The maximum Gasteiger partial charge on any atom is 0.408 e. The summed E-state index contributed by atoms with van der Waals surface area (Å²) in [7, 11) is 0. The molecule has 5 rings (SSSR count). The number of benzene rings is 2. The third-order valence-corrected chi connectivity index (χ3v) is 7.25. The number of nitrogens with zero attached hydrogens (tertiary/aromatic N) is 3. The highest BCUT2D eigenvalue weighted by molar-refractivity contribution is 8.01. The summed E-state index contributed by atoms with van der Waals surface area (Å²) in [5.41, 5.74) is 4.89. The number of rotatable bonds is 10. The van der Waals surface area contributed by atoms with Crippen LogP contribution in [0, 0.1) is 0 Å². The van der Waals surface area contributed by atoms with Crippen LogP contribution in [-0.2, 0) is 22.6 Å². The van der Waals surface area contributed by atoms with E-state index in [0.29, 0.717) is 16.5 Å². The van der Waals surface area contributed by atoms with Gasteiger partial charge in [-0.15, -0.1) is 11.3 Å². The molecule has 1 atom stereocenters. The maximum atomic E-state index is 12.8. The number of furan rings is 1. The Hall–Kier alpha value is -4.42. The molecule has 38 heavy (non-hydrogen) atoms. The molecule has 0 aliphatic carbocycles. The third kappa shape index (κ3) is 6.87. The smallest absolute Gasteiger partial charge is 0.408 e. The number of imidazole rings is 1. The largest absolute Gasteiger partial charge is 0.448 e. The van der Waals surface area contributed by atoms with Crippen LogP contribution in [0.5, 0.6) is 0 Å². The van der Waals surface area contributed by atoms with Crippen LogP contribution in [-0.4, -0.2) is 39.2 Å². The number of carbonyl (C=O) groups is 2. The van der Waals surface area contributed by atoms with Gasteiger partial charge in [-0.3, -0.25) is 4.79 Å². The molecular formula is C26H22N6O4S2. The molecule has 3 heterocycles. The Labute approximate surface area is 225 Å². The van der Waals surface area contributed by atoms with E-state index in [1.54, 1.807) is 23.6 Å². The molecule has 192 valence electrons. The van der Waals surface area contributed by atoms with Crippen LogP contribution in [0.4, 0.5) is 4.79 Å². The maximum absolute atomic E-state index is 12.8. The van der Waals surface area contributed by atoms with Gasteiger partial charge in [-0.1, -0.05) is 42.5 Å². The van der Waals surface area contributed by atoms with Gasteiger partial charge in [0.15, 0.2) is 9.43 Å². The molecule has 0 saturated carbocycles. The van der Waals surface area contributed by atoms with Gasteiger partial charge in [0.25, 0.3) is 5.91 Å². The van der Waals surface area contributed by atoms with E-state index >= 15 is 0 Å². The minimum atomic E-state index is -0.947. The highest BCUT2D eigenvalue weighted by Gasteiger charge is 2.22. The van der Waals surface area contributed by atoms with Crippen molar-refractivity contribution < 1.29 is 18.7 Å². The fourth-order valence-corrected chi connectivity index (χ4v) is 5.38. The van der Waals surface area contributed by atoms with Crippen LogP contribution in [0.25, 0.3) is 10.2 Å². The number of para-hydroxylation sites is 1. The molecule has 0 fully saturated rings. The quantitative estimate of drug-likeness (QED) is 0.170. The van der Waals surface area contributed by atoms with Crippen LogP contribution in [0.2, 0.25) is 0 Å². The van der Waals surface area contributed by atoms with E-state index in [2.05, 4.69) is 30.8 Å². The van der Waals surface area contributed by atoms with E-state index in [1.165, 1.54) is 24.3 Å². The number of thiazole rings is 1. The van der Waals surface area contributed by atoms with E-state index in [4.69, 9.17) is 9.15 Å². The number of alkyl carbamates (subject to hydrolysis) is 1. The van der Waals surface area contributed by atoms with Crippen molar-refractivity contribution in [3.05, 3.63) is 96.3 Å². The summed E-state index contributed by atoms with van der Waals surface area (Å²) in [5.74, 6) is -0.0719. The van der Waals surface area contributed by atoms with Gasteiger partial charge in [0.2, 0.25) is 0 Å². The molecule has 0 saturated heterocycles. The summed E-state index contributed by atoms with van der Waals surface area (Å²) >= 11 is 3.00. The molecule has 0 unspecified atom stereocenters. The Bertz CT molecular complexity index is 1500. The molecule has 0 aliphatic rings. The van der Waals surface area contributed by atoms with Crippen molar-refractivity contribution in [2.45, 2.75) is 28.5 Å². The van der Waals surface area contributed by atoms with Crippen LogP contribution in [0.1, 0.15) is 17.0 Å². The summed E-state index contributed by atoms with van der Waals surface area (Å²) < 4.78 is 13.0. The molecule has 2 amide bonds. The Morgan fingerprint density at radius 3 is 2.79 bits per heavy atom. The molecular weight excluding hydrogens is 524 g/mol. The number of aromatic nitrogens is 3. The first-order valence-electron chi connectivity index (χ1n) is 11.5. The number of nitrogens with one attached hydrogen (secondary N) is 3. The predicted molar refractivity (Wildman–Crippen MR) is 144 cm³/mol. The van der Waals surface area contributed by atoms with E-state index in [-0.39, 0.29) is 13.0 Å². The second-order valence-electron chi connectivity index (χ2n) is 7.98. The lowest BCUT2D eigenvalue weighted by molar-refractivity contribution is -0.123. The number of hydrogen-bond donors (Lipinski definition) is 3. The summed E-state index contributed by atoms with van der Waals surface area (Å²) in [6.45, 7) is 0.0824. The Kier molecular flexibility index (Phi) is 8.11. The van der Waals surface area contributed by atoms with Gasteiger partial charge in [-0.05, 0) is 41.6 Å². The van der Waals surface area contributed by atoms with E-state index < -0.39 is 18.0 Å². The number of H-pyrrole nitrogens is 1. The Morgan fingerprint density at radius 1 is 1.13 bits per heavy atom. The lowest BCUT2D eigenvalue weighted by atomic mass is 10.1. The van der Waals surface area contributed by atoms with E-state index in [9.17, 15) is 9.59 Å². The topological polar surface area (TPSA) is 134 Å². The van der Waals surface area contributed by atoms with Gasteiger partial charge in [-0.25, -0.2) is 20.2 Å². The first kappa shape index (κ1) is 25.2. The fourth-order valence-electron chi connectivity index (χ4n) is 3.41. The molecule has 2 aromatic carbocycles. The molecule has 0 bridgehead atoms. The number of fused-ring (bicyclic) bond motifs is 1. The predicted octanol–water partition coefficient (Wildman–Crippen LogP) is 4.75. The van der Waals surface area contributed by atoms with Gasteiger partial charge in [0.1, 0.15) is 18.4 Å². The van der Waals surface area contributed by atoms with Crippen molar-refractivity contribution in [1.82, 2.24) is 25.7 Å². The van der Waals surface area contributed by atoms with Crippen molar-refractivity contribution >= 4 is 51.5 Å². The van der Waals surface area contributed by atoms with Crippen molar-refractivity contribution in [1.29, 1.82) is 0 Å². The third-order valence-electron chi connectivity index (χ3n) is 5.23. The Morgan fingerprint density at radius 2 is 1.97 bits per heavy atom. The zero-order chi connectivity index (χ0) is 26.2. The van der Waals surface area contributed by atoms with Crippen LogP contribution < -0.4 is 10.7 Å². The normalized spacial score (nSPS) is 12.0. The Balaban J connectivity index is 1.16. The molecule has 10 nitrogen and oxygen atoms in total. The van der Waals surface area contributed by atoms with Gasteiger partial charge >= 0.3 is 6.09 Å². The van der Waals surface area contributed by atoms with E-state index in [1.807, 2.05) is 60.7 Å². The number of aromatic amines is 1. The first-order chi connectivity index (χ1) is 18.6. The number of carbonyl (C=O) groups excluding carboxylic acids is 2. The molecule has 0 spiro atoms. The lowest BCUT2D eigenvalue weighted by Crippen LogP contribution is -2.47. The monoisotopic (exact) mass is 546 g/mol. The summed E-state index contributed by atoms with van der Waals surface area (Å²) in [5, 5.41) is 7.23. The average molecular weight is 547 g/mol. The molecule has 3 N–H and O–H groups in total.